The van der Waals surface area contributed by atoms with Gasteiger partial charge in [-0.15, -0.1) is 0 Å². The monoisotopic (exact) mass is 303 g/mol. The molecule has 1 unspecified atom stereocenters. The zero-order valence-corrected chi connectivity index (χ0v) is 12.4. The lowest BCUT2D eigenvalue weighted by atomic mass is 10.1. The Morgan fingerprint density at radius 1 is 1.19 bits per heavy atom. The van der Waals surface area contributed by atoms with Crippen LogP contribution >= 0.6 is 11.8 Å². The van der Waals surface area contributed by atoms with Crippen molar-refractivity contribution in [3.63, 3.8) is 0 Å². The number of hydrogen-bond donors (Lipinski definition) is 1. The topological polar surface area (TPSA) is 75.8 Å². The van der Waals surface area contributed by atoms with E-state index in [1.54, 1.807) is 0 Å². The summed E-state index contributed by atoms with van der Waals surface area (Å²) in [7, 11) is 0. The molecule has 0 aromatic heterocycles. The molecule has 3 rings (SSSR count). The molecule has 0 spiro atoms. The van der Waals surface area contributed by atoms with Crippen LogP contribution in [0.4, 0.5) is 5.69 Å². The lowest BCUT2D eigenvalue weighted by molar-refractivity contribution is -0.119. The number of ketones is 1. The van der Waals surface area contributed by atoms with Gasteiger partial charge in [0.05, 0.1) is 5.25 Å². The molecule has 0 radical (unpaired) electrons. The van der Waals surface area contributed by atoms with E-state index in [4.69, 9.17) is 5.73 Å². The summed E-state index contributed by atoms with van der Waals surface area (Å²) < 4.78 is 0. The van der Waals surface area contributed by atoms with E-state index in [-0.39, 0.29) is 11.2 Å². The minimum absolute atomic E-state index is 0.142. The molecule has 1 saturated heterocycles. The molecule has 0 aliphatic carbocycles. The minimum atomic E-state index is -0.191. The second-order valence-electron chi connectivity index (χ2n) is 5.29. The van der Waals surface area contributed by atoms with Crippen molar-refractivity contribution in [1.29, 1.82) is 0 Å². The van der Waals surface area contributed by atoms with E-state index >= 15 is 0 Å². The van der Waals surface area contributed by atoms with E-state index in [9.17, 15) is 9.59 Å². The number of piperidine rings is 1. The van der Waals surface area contributed by atoms with Crippen LogP contribution < -0.4 is 10.6 Å². The van der Waals surface area contributed by atoms with E-state index in [1.165, 1.54) is 11.8 Å². The molecule has 2 aliphatic rings. The van der Waals surface area contributed by atoms with Crippen LogP contribution in [0.1, 0.15) is 18.4 Å². The predicted molar refractivity (Wildman–Crippen MR) is 84.6 cm³/mol. The zero-order chi connectivity index (χ0) is 14.8. The highest BCUT2D eigenvalue weighted by molar-refractivity contribution is 8.15. The van der Waals surface area contributed by atoms with E-state index in [0.717, 1.165) is 24.3 Å². The standard InChI is InChI=1S/C15H17N3O2S/c16-15-17-14(20)13(21-15)9-10-1-3-11(4-2-10)18-7-5-12(19)6-8-18/h1-4,13H,5-9H2,(H2,16,17,20). The van der Waals surface area contributed by atoms with Crippen LogP contribution in [0.2, 0.25) is 0 Å². The first-order valence-electron chi connectivity index (χ1n) is 7.02. The molecular weight excluding hydrogens is 286 g/mol. The van der Waals surface area contributed by atoms with Crippen molar-refractivity contribution in [3.05, 3.63) is 29.8 Å². The Balaban J connectivity index is 1.62. The summed E-state index contributed by atoms with van der Waals surface area (Å²) >= 11 is 1.33. The number of hydrogen-bond acceptors (Lipinski definition) is 5. The van der Waals surface area contributed by atoms with E-state index < -0.39 is 0 Å². The number of amidine groups is 1. The van der Waals surface area contributed by atoms with Crippen molar-refractivity contribution in [3.8, 4) is 0 Å². The summed E-state index contributed by atoms with van der Waals surface area (Å²) in [6.07, 6.45) is 1.91. The van der Waals surface area contributed by atoms with Crippen molar-refractivity contribution in [2.24, 2.45) is 10.7 Å². The highest BCUT2D eigenvalue weighted by Crippen LogP contribution is 2.25. The van der Waals surface area contributed by atoms with E-state index in [1.807, 2.05) is 12.1 Å². The van der Waals surface area contributed by atoms with Gasteiger partial charge < -0.3 is 10.6 Å². The van der Waals surface area contributed by atoms with E-state index in [2.05, 4.69) is 22.0 Å². The third-order valence-corrected chi connectivity index (χ3v) is 4.79. The molecule has 1 fully saturated rings. The Labute approximate surface area is 127 Å². The van der Waals surface area contributed by atoms with Gasteiger partial charge in [-0.25, -0.2) is 0 Å². The van der Waals surface area contributed by atoms with E-state index in [0.29, 0.717) is 30.2 Å². The van der Waals surface area contributed by atoms with Gasteiger partial charge in [0, 0.05) is 31.6 Å². The molecule has 110 valence electrons. The second-order valence-corrected chi connectivity index (χ2v) is 6.51. The maximum atomic E-state index is 11.6. The number of carbonyl (C=O) groups is 2. The van der Waals surface area contributed by atoms with Gasteiger partial charge in [-0.3, -0.25) is 9.59 Å². The van der Waals surface area contributed by atoms with Crippen LogP contribution in [0.3, 0.4) is 0 Å². The summed E-state index contributed by atoms with van der Waals surface area (Å²) in [5, 5.41) is 0.170. The average molecular weight is 303 g/mol. The highest BCUT2D eigenvalue weighted by atomic mass is 32.2. The first-order chi connectivity index (χ1) is 10.1. The third kappa shape index (κ3) is 3.26. The number of rotatable bonds is 3. The maximum Gasteiger partial charge on any atom is 0.261 e. The number of anilines is 1. The SMILES string of the molecule is NC1=NC(=O)C(Cc2ccc(N3CCC(=O)CC3)cc2)S1. The Hall–Kier alpha value is -1.82. The van der Waals surface area contributed by atoms with Crippen LogP contribution in [0.15, 0.2) is 29.3 Å². The van der Waals surface area contributed by atoms with Crippen molar-refractivity contribution in [2.75, 3.05) is 18.0 Å². The quantitative estimate of drug-likeness (QED) is 0.912. The fraction of sp³-hybridized carbons (Fsp3) is 0.400. The molecule has 1 aromatic carbocycles. The Morgan fingerprint density at radius 2 is 1.86 bits per heavy atom. The number of benzene rings is 1. The van der Waals surface area contributed by atoms with Gasteiger partial charge in [0.25, 0.3) is 5.91 Å². The van der Waals surface area contributed by atoms with Crippen LogP contribution in [-0.4, -0.2) is 35.2 Å². The number of nitrogens with two attached hydrogens (primary N) is 1. The molecule has 5 nitrogen and oxygen atoms in total. The number of thioether (sulfide) groups is 1. The Morgan fingerprint density at radius 3 is 2.43 bits per heavy atom. The first-order valence-corrected chi connectivity index (χ1v) is 7.90. The lowest BCUT2D eigenvalue weighted by Crippen LogP contribution is -2.33. The molecule has 1 amide bonds. The van der Waals surface area contributed by atoms with Crippen LogP contribution in [0.25, 0.3) is 0 Å². The van der Waals surface area contributed by atoms with Crippen molar-refractivity contribution < 1.29 is 9.59 Å². The van der Waals surface area contributed by atoms with Crippen LogP contribution in [0, 0.1) is 0 Å². The molecular formula is C15H17N3O2S. The Bertz CT molecular complexity index is 587. The van der Waals surface area contributed by atoms with Gasteiger partial charge in [-0.2, -0.15) is 4.99 Å². The lowest BCUT2D eigenvalue weighted by Gasteiger charge is -2.28. The van der Waals surface area contributed by atoms with Gasteiger partial charge in [0.15, 0.2) is 5.17 Å². The number of carbonyl (C=O) groups excluding carboxylic acids is 2. The second kappa shape index (κ2) is 5.89. The number of amides is 1. The van der Waals surface area contributed by atoms with Gasteiger partial charge in [0.2, 0.25) is 0 Å². The van der Waals surface area contributed by atoms with Crippen LogP contribution in [0.5, 0.6) is 0 Å². The van der Waals surface area contributed by atoms with Crippen molar-refractivity contribution >= 4 is 34.3 Å². The molecule has 21 heavy (non-hydrogen) atoms. The van der Waals surface area contributed by atoms with Crippen LogP contribution in [-0.2, 0) is 16.0 Å². The molecule has 2 N–H and O–H groups in total. The normalized spacial score (nSPS) is 22.6. The zero-order valence-electron chi connectivity index (χ0n) is 11.6. The molecule has 1 atom stereocenters. The maximum absolute atomic E-state index is 11.6. The fourth-order valence-electron chi connectivity index (χ4n) is 2.60. The molecule has 6 heteroatoms. The van der Waals surface area contributed by atoms with Gasteiger partial charge >= 0.3 is 0 Å². The predicted octanol–water partition coefficient (Wildman–Crippen LogP) is 1.36. The summed E-state index contributed by atoms with van der Waals surface area (Å²) in [6, 6.07) is 8.18. The molecule has 0 bridgehead atoms. The minimum Gasteiger partial charge on any atom is -0.378 e. The van der Waals surface area contributed by atoms with Gasteiger partial charge in [0.1, 0.15) is 5.78 Å². The van der Waals surface area contributed by atoms with Gasteiger partial charge in [-0.05, 0) is 24.1 Å². The summed E-state index contributed by atoms with van der Waals surface area (Å²) in [5.41, 5.74) is 7.79. The largest absolute Gasteiger partial charge is 0.378 e. The first kappa shape index (κ1) is 14.1. The highest BCUT2D eigenvalue weighted by Gasteiger charge is 2.27. The summed E-state index contributed by atoms with van der Waals surface area (Å²) in [5.74, 6) is 0.202. The fourth-order valence-corrected chi connectivity index (χ4v) is 3.47. The molecule has 2 aliphatic heterocycles. The summed E-state index contributed by atoms with van der Waals surface area (Å²) in [6.45, 7) is 1.58. The summed E-state index contributed by atoms with van der Waals surface area (Å²) in [4.78, 5) is 28.8. The average Bonchev–Trinajstić information content (AvgIpc) is 2.79. The third-order valence-electron chi connectivity index (χ3n) is 3.80. The number of Topliss-reactive ketones (excluding diaryl/α,β-unsaturated/α-hetero) is 1. The molecule has 1 aromatic rings. The number of aliphatic imine (C=N–C) groups is 1. The van der Waals surface area contributed by atoms with Gasteiger partial charge in [-0.1, -0.05) is 23.9 Å². The molecule has 0 saturated carbocycles. The molecule has 2 heterocycles. The number of nitrogens with zero attached hydrogens (tertiary/aromatic N) is 2. The smallest absolute Gasteiger partial charge is 0.261 e. The Kier molecular flexibility index (Phi) is 3.96. The van der Waals surface area contributed by atoms with Crippen molar-refractivity contribution in [2.45, 2.75) is 24.5 Å². The van der Waals surface area contributed by atoms with Crippen molar-refractivity contribution in [1.82, 2.24) is 0 Å².